The van der Waals surface area contributed by atoms with Crippen LogP contribution in [0.3, 0.4) is 0 Å². The van der Waals surface area contributed by atoms with Gasteiger partial charge in [0.1, 0.15) is 17.5 Å². The second kappa shape index (κ2) is 8.33. The highest BCUT2D eigenvalue weighted by Crippen LogP contribution is 2.31. The van der Waals surface area contributed by atoms with Crippen molar-refractivity contribution in [3.63, 3.8) is 0 Å². The van der Waals surface area contributed by atoms with Crippen molar-refractivity contribution in [3.05, 3.63) is 61.2 Å². The number of anilines is 1. The number of H-pyrrole nitrogens is 2. The average molecular weight is 491 g/mol. The second-order valence-corrected chi connectivity index (χ2v) is 9.31. The molecule has 1 amide bonds. The quantitative estimate of drug-likeness (QED) is 0.329. The molecule has 11 nitrogen and oxygen atoms in total. The fourth-order valence-corrected chi connectivity index (χ4v) is 4.58. The van der Waals surface area contributed by atoms with Crippen LogP contribution in [0.5, 0.6) is 0 Å². The first kappa shape index (κ1) is 21.4. The van der Waals surface area contributed by atoms with Gasteiger partial charge in [-0.2, -0.15) is 5.10 Å². The molecule has 6 aromatic heterocycles. The maximum atomic E-state index is 12.4. The third-order valence-corrected chi connectivity index (χ3v) is 6.80. The SMILES string of the molecule is Cc1cn(-c2nccc3[nH]c(-c4[nH]nc5ncc(-c6cncc(NC(=O)C7CCC7)c6)cc45)nc23)cn1. The van der Waals surface area contributed by atoms with Crippen LogP contribution in [0.4, 0.5) is 5.69 Å². The zero-order valence-electron chi connectivity index (χ0n) is 19.9. The van der Waals surface area contributed by atoms with Gasteiger partial charge in [0.15, 0.2) is 17.3 Å². The van der Waals surface area contributed by atoms with Crippen molar-refractivity contribution < 1.29 is 4.79 Å². The van der Waals surface area contributed by atoms with E-state index in [4.69, 9.17) is 4.98 Å². The van der Waals surface area contributed by atoms with E-state index in [1.807, 2.05) is 35.9 Å². The number of nitrogens with zero attached hydrogens (tertiary/aromatic N) is 7. The predicted molar refractivity (Wildman–Crippen MR) is 138 cm³/mol. The van der Waals surface area contributed by atoms with Gasteiger partial charge in [0.25, 0.3) is 0 Å². The zero-order chi connectivity index (χ0) is 24.9. The maximum Gasteiger partial charge on any atom is 0.227 e. The van der Waals surface area contributed by atoms with Gasteiger partial charge in [-0.3, -0.25) is 19.4 Å². The fraction of sp³-hybridized carbons (Fsp3) is 0.192. The number of imidazole rings is 2. The minimum atomic E-state index is 0.0560. The van der Waals surface area contributed by atoms with Crippen LogP contribution < -0.4 is 5.32 Å². The first-order valence-electron chi connectivity index (χ1n) is 12.1. The fourth-order valence-electron chi connectivity index (χ4n) is 4.58. The Hall–Kier alpha value is -4.93. The van der Waals surface area contributed by atoms with Crippen molar-refractivity contribution in [3.8, 4) is 28.5 Å². The molecule has 0 unspecified atom stereocenters. The van der Waals surface area contributed by atoms with Crippen LogP contribution in [-0.2, 0) is 4.79 Å². The monoisotopic (exact) mass is 490 g/mol. The summed E-state index contributed by atoms with van der Waals surface area (Å²) >= 11 is 0. The summed E-state index contributed by atoms with van der Waals surface area (Å²) in [6, 6.07) is 5.80. The number of nitrogens with one attached hydrogen (secondary N) is 3. The van der Waals surface area contributed by atoms with E-state index in [2.05, 4.69) is 40.4 Å². The molecule has 1 saturated carbocycles. The first-order valence-corrected chi connectivity index (χ1v) is 12.1. The third kappa shape index (κ3) is 3.71. The molecule has 1 aliphatic carbocycles. The van der Waals surface area contributed by atoms with Crippen molar-refractivity contribution in [2.24, 2.45) is 5.92 Å². The van der Waals surface area contributed by atoms with E-state index >= 15 is 0 Å². The van der Waals surface area contributed by atoms with Crippen LogP contribution in [0.25, 0.3) is 50.5 Å². The second-order valence-electron chi connectivity index (χ2n) is 9.31. The lowest BCUT2D eigenvalue weighted by Crippen LogP contribution is -2.28. The molecule has 7 rings (SSSR count). The topological polar surface area (TPSA) is 143 Å². The maximum absolute atomic E-state index is 12.4. The van der Waals surface area contributed by atoms with Gasteiger partial charge in [0.2, 0.25) is 5.91 Å². The van der Waals surface area contributed by atoms with E-state index in [1.165, 1.54) is 0 Å². The lowest BCUT2D eigenvalue weighted by Gasteiger charge is -2.24. The van der Waals surface area contributed by atoms with Gasteiger partial charge in [-0.25, -0.2) is 19.9 Å². The highest BCUT2D eigenvalue weighted by Gasteiger charge is 2.25. The van der Waals surface area contributed by atoms with Crippen molar-refractivity contribution in [1.82, 2.24) is 44.7 Å². The highest BCUT2D eigenvalue weighted by molar-refractivity contribution is 5.95. The number of aromatic amines is 2. The Morgan fingerprint density at radius 2 is 2.00 bits per heavy atom. The number of hydrogen-bond acceptors (Lipinski definition) is 7. The number of rotatable bonds is 5. The normalized spacial score (nSPS) is 13.8. The van der Waals surface area contributed by atoms with Gasteiger partial charge in [0, 0.05) is 41.8 Å². The minimum absolute atomic E-state index is 0.0560. The number of pyridine rings is 3. The standard InChI is InChI=1S/C26H22N10O/c1-14-12-36(13-30-14)25-22-20(5-6-28-25)32-24(33-22)21-19-8-17(10-29-23(19)35-34-21)16-7-18(11-27-9-16)31-26(37)15-3-2-4-15/h5-13,15H,2-4H2,1H3,(H,31,37)(H,32,33)(H,29,34,35). The molecule has 3 N–H and O–H groups in total. The Balaban J connectivity index is 1.26. The number of carbonyl (C=O) groups excluding carboxylic acids is 1. The highest BCUT2D eigenvalue weighted by atomic mass is 16.1. The van der Waals surface area contributed by atoms with E-state index in [-0.39, 0.29) is 11.8 Å². The molecule has 1 aliphatic rings. The molecule has 0 aliphatic heterocycles. The molecular formula is C26H22N10O. The van der Waals surface area contributed by atoms with Gasteiger partial charge in [-0.05, 0) is 38.0 Å². The summed E-state index contributed by atoms with van der Waals surface area (Å²) in [4.78, 5) is 38.3. The minimum Gasteiger partial charge on any atom is -0.336 e. The lowest BCUT2D eigenvalue weighted by molar-refractivity contribution is -0.122. The summed E-state index contributed by atoms with van der Waals surface area (Å²) in [5, 5.41) is 11.3. The Morgan fingerprint density at radius 1 is 1.11 bits per heavy atom. The van der Waals surface area contributed by atoms with Gasteiger partial charge >= 0.3 is 0 Å². The van der Waals surface area contributed by atoms with Crippen molar-refractivity contribution >= 4 is 33.7 Å². The van der Waals surface area contributed by atoms with Crippen LogP contribution in [-0.4, -0.2) is 50.6 Å². The number of hydrogen-bond donors (Lipinski definition) is 3. The van der Waals surface area contributed by atoms with Crippen molar-refractivity contribution in [2.45, 2.75) is 26.2 Å². The van der Waals surface area contributed by atoms with Crippen LogP contribution in [0.2, 0.25) is 0 Å². The van der Waals surface area contributed by atoms with E-state index < -0.39 is 0 Å². The van der Waals surface area contributed by atoms with Gasteiger partial charge in [-0.1, -0.05) is 6.42 Å². The van der Waals surface area contributed by atoms with Gasteiger partial charge < -0.3 is 10.3 Å². The number of aromatic nitrogens is 9. The number of amides is 1. The Bertz CT molecular complexity index is 1790. The van der Waals surface area contributed by atoms with Crippen LogP contribution in [0, 0.1) is 12.8 Å². The van der Waals surface area contributed by atoms with Crippen molar-refractivity contribution in [1.29, 1.82) is 0 Å². The molecule has 37 heavy (non-hydrogen) atoms. The molecule has 6 heterocycles. The largest absolute Gasteiger partial charge is 0.336 e. The molecule has 182 valence electrons. The van der Waals surface area contributed by atoms with E-state index in [1.54, 1.807) is 31.1 Å². The van der Waals surface area contributed by atoms with E-state index in [0.717, 1.165) is 58.2 Å². The molecule has 11 heteroatoms. The first-order chi connectivity index (χ1) is 18.1. The van der Waals surface area contributed by atoms with Gasteiger partial charge in [0.05, 0.1) is 28.5 Å². The summed E-state index contributed by atoms with van der Waals surface area (Å²) in [5.41, 5.74) is 6.14. The molecule has 0 radical (unpaired) electrons. The Labute approximate surface area is 210 Å². The summed E-state index contributed by atoms with van der Waals surface area (Å²) in [7, 11) is 0. The molecule has 6 aromatic rings. The summed E-state index contributed by atoms with van der Waals surface area (Å²) < 4.78 is 1.86. The summed E-state index contributed by atoms with van der Waals surface area (Å²) in [6.45, 7) is 1.93. The van der Waals surface area contributed by atoms with E-state index in [9.17, 15) is 4.79 Å². The molecule has 0 spiro atoms. The summed E-state index contributed by atoms with van der Waals surface area (Å²) in [6.07, 6.45) is 13.6. The zero-order valence-corrected chi connectivity index (χ0v) is 19.9. The number of carbonyl (C=O) groups is 1. The number of aryl methyl sites for hydroxylation is 1. The van der Waals surface area contributed by atoms with Gasteiger partial charge in [-0.15, -0.1) is 0 Å². The Kier molecular flexibility index (Phi) is 4.81. The number of fused-ring (bicyclic) bond motifs is 2. The third-order valence-electron chi connectivity index (χ3n) is 6.80. The molecule has 0 bridgehead atoms. The van der Waals surface area contributed by atoms with Crippen LogP contribution in [0.15, 0.2) is 55.5 Å². The van der Waals surface area contributed by atoms with Crippen LogP contribution in [0.1, 0.15) is 25.0 Å². The lowest BCUT2D eigenvalue weighted by atomic mass is 9.85. The van der Waals surface area contributed by atoms with Crippen molar-refractivity contribution in [2.75, 3.05) is 5.32 Å². The van der Waals surface area contributed by atoms with Crippen LogP contribution >= 0.6 is 0 Å². The summed E-state index contributed by atoms with van der Waals surface area (Å²) in [5.74, 6) is 1.48. The average Bonchev–Trinajstić information content (AvgIpc) is 3.60. The molecular weight excluding hydrogens is 468 g/mol. The molecule has 1 fully saturated rings. The Morgan fingerprint density at radius 3 is 2.81 bits per heavy atom. The molecule has 0 atom stereocenters. The van der Waals surface area contributed by atoms with E-state index in [0.29, 0.717) is 23.0 Å². The molecule has 0 aromatic carbocycles. The predicted octanol–water partition coefficient (Wildman–Crippen LogP) is 4.19. The smallest absolute Gasteiger partial charge is 0.227 e. The molecule has 0 saturated heterocycles.